The average Bonchev–Trinajstić information content (AvgIpc) is 3.14. The van der Waals surface area contributed by atoms with Crippen LogP contribution >= 0.6 is 0 Å². The highest BCUT2D eigenvalue weighted by molar-refractivity contribution is 5.98. The van der Waals surface area contributed by atoms with Crippen LogP contribution in [0.2, 0.25) is 0 Å². The Morgan fingerprint density at radius 1 is 0.818 bits per heavy atom. The summed E-state index contributed by atoms with van der Waals surface area (Å²) < 4.78 is 11.7. The number of methoxy groups -OCH3 is 1. The lowest BCUT2D eigenvalue weighted by atomic mass is 9.79. The van der Waals surface area contributed by atoms with Gasteiger partial charge in [0.1, 0.15) is 5.41 Å². The average molecular weight is 451 g/mol. The number of fused-ring (bicyclic) bond motifs is 3. The summed E-state index contributed by atoms with van der Waals surface area (Å²) in [5.41, 5.74) is 3.31. The molecule has 0 saturated heterocycles. The van der Waals surface area contributed by atoms with Gasteiger partial charge in [0.15, 0.2) is 0 Å². The summed E-state index contributed by atoms with van der Waals surface area (Å²) in [5.74, 6) is 0.233. The maximum atomic E-state index is 13.7. The van der Waals surface area contributed by atoms with E-state index in [0.29, 0.717) is 12.5 Å². The van der Waals surface area contributed by atoms with Crippen LogP contribution in [-0.2, 0) is 19.7 Å². The Balaban J connectivity index is 1.61. The Bertz CT molecular complexity index is 827. The van der Waals surface area contributed by atoms with E-state index in [-0.39, 0.29) is 12.6 Å². The molecule has 0 fully saturated rings. The second kappa shape index (κ2) is 12.9. The molecule has 2 aromatic carbocycles. The largest absolute Gasteiger partial charge is 0.464 e. The molecule has 1 aliphatic rings. The molecule has 3 nitrogen and oxygen atoms in total. The second-order valence-electron chi connectivity index (χ2n) is 9.57. The first-order valence-electron chi connectivity index (χ1n) is 13.0. The molecule has 1 unspecified atom stereocenters. The van der Waals surface area contributed by atoms with Crippen molar-refractivity contribution in [3.05, 3.63) is 59.7 Å². The zero-order valence-electron chi connectivity index (χ0n) is 20.9. The van der Waals surface area contributed by atoms with E-state index in [1.54, 1.807) is 7.11 Å². The molecule has 3 heteroatoms. The van der Waals surface area contributed by atoms with Crippen molar-refractivity contribution in [2.24, 2.45) is 5.92 Å². The summed E-state index contributed by atoms with van der Waals surface area (Å²) >= 11 is 0. The summed E-state index contributed by atoms with van der Waals surface area (Å²) in [6, 6.07) is 16.3. The lowest BCUT2D eigenvalue weighted by molar-refractivity contribution is -0.152. The molecule has 2 aromatic rings. The molecule has 0 aromatic heterocycles. The van der Waals surface area contributed by atoms with Crippen LogP contribution < -0.4 is 0 Å². The van der Waals surface area contributed by atoms with Crippen LogP contribution in [0.3, 0.4) is 0 Å². The number of hydrogen-bond donors (Lipinski definition) is 0. The summed E-state index contributed by atoms with van der Waals surface area (Å²) in [6.45, 7) is 5.24. The minimum absolute atomic E-state index is 0.184. The van der Waals surface area contributed by atoms with Gasteiger partial charge in [-0.25, -0.2) is 0 Å². The number of esters is 1. The minimum atomic E-state index is -0.890. The van der Waals surface area contributed by atoms with Gasteiger partial charge >= 0.3 is 5.97 Å². The molecule has 1 atom stereocenters. The Kier molecular flexibility index (Phi) is 9.99. The van der Waals surface area contributed by atoms with Gasteiger partial charge in [0, 0.05) is 7.11 Å². The van der Waals surface area contributed by atoms with Gasteiger partial charge in [-0.2, -0.15) is 0 Å². The summed E-state index contributed by atoms with van der Waals surface area (Å²) in [7, 11) is 1.66. The van der Waals surface area contributed by atoms with Gasteiger partial charge in [-0.15, -0.1) is 0 Å². The zero-order valence-corrected chi connectivity index (χ0v) is 20.9. The third-order valence-corrected chi connectivity index (χ3v) is 7.27. The van der Waals surface area contributed by atoms with E-state index < -0.39 is 5.41 Å². The highest BCUT2D eigenvalue weighted by Gasteiger charge is 2.50. The summed E-state index contributed by atoms with van der Waals surface area (Å²) in [5, 5.41) is 0. The number of carbonyl (C=O) groups is 1. The Morgan fingerprint density at radius 2 is 1.36 bits per heavy atom. The van der Waals surface area contributed by atoms with E-state index in [1.165, 1.54) is 51.4 Å². The Hall–Kier alpha value is -2.13. The fraction of sp³-hybridized carbons (Fsp3) is 0.567. The molecule has 1 aliphatic carbocycles. The maximum Gasteiger partial charge on any atom is 0.323 e. The first-order chi connectivity index (χ1) is 16.2. The predicted molar refractivity (Wildman–Crippen MR) is 137 cm³/mol. The van der Waals surface area contributed by atoms with Crippen molar-refractivity contribution in [3.8, 4) is 11.1 Å². The van der Waals surface area contributed by atoms with Gasteiger partial charge in [-0.3, -0.25) is 4.79 Å². The lowest BCUT2D eigenvalue weighted by Crippen LogP contribution is -2.41. The molecule has 0 N–H and O–H groups in total. The van der Waals surface area contributed by atoms with Gasteiger partial charge in [-0.1, -0.05) is 120 Å². The summed E-state index contributed by atoms with van der Waals surface area (Å²) in [4.78, 5) is 13.7. The molecular formula is C30H42O3. The fourth-order valence-corrected chi connectivity index (χ4v) is 5.27. The van der Waals surface area contributed by atoms with Gasteiger partial charge in [-0.05, 0) is 34.6 Å². The first kappa shape index (κ1) is 25.5. The van der Waals surface area contributed by atoms with Crippen LogP contribution in [0.1, 0.15) is 89.2 Å². The standard InChI is InChI=1S/C30H42O3/c1-4-6-7-8-9-10-11-12-17-24(5-2)22-33-29(31)30(23-32-3)27-20-15-13-18-25(27)26-19-14-16-21-28(26)30/h13-16,18-21,24H,4-12,17,22-23H2,1-3H3. The van der Waals surface area contributed by atoms with Crippen LogP contribution in [0.5, 0.6) is 0 Å². The van der Waals surface area contributed by atoms with Gasteiger partial charge in [0.25, 0.3) is 0 Å². The monoisotopic (exact) mass is 450 g/mol. The van der Waals surface area contributed by atoms with E-state index >= 15 is 0 Å². The number of benzene rings is 2. The van der Waals surface area contributed by atoms with Crippen LogP contribution in [0, 0.1) is 5.92 Å². The van der Waals surface area contributed by atoms with Crippen molar-refractivity contribution in [1.29, 1.82) is 0 Å². The van der Waals surface area contributed by atoms with E-state index in [9.17, 15) is 4.79 Å². The van der Waals surface area contributed by atoms with Gasteiger partial charge in [0.2, 0.25) is 0 Å². The number of ether oxygens (including phenoxy) is 2. The highest BCUT2D eigenvalue weighted by atomic mass is 16.5. The Morgan fingerprint density at radius 3 is 1.91 bits per heavy atom. The van der Waals surface area contributed by atoms with E-state index in [2.05, 4.69) is 26.0 Å². The highest BCUT2D eigenvalue weighted by Crippen LogP contribution is 2.49. The van der Waals surface area contributed by atoms with E-state index in [1.807, 2.05) is 36.4 Å². The molecule has 0 radical (unpaired) electrons. The third kappa shape index (κ3) is 5.87. The lowest BCUT2D eigenvalue weighted by Gasteiger charge is -2.29. The molecule has 0 bridgehead atoms. The van der Waals surface area contributed by atoms with Gasteiger partial charge < -0.3 is 9.47 Å². The molecule has 0 amide bonds. The van der Waals surface area contributed by atoms with Crippen molar-refractivity contribution >= 4 is 5.97 Å². The van der Waals surface area contributed by atoms with Gasteiger partial charge in [0.05, 0.1) is 13.2 Å². The molecule has 0 saturated carbocycles. The maximum absolute atomic E-state index is 13.7. The fourth-order valence-electron chi connectivity index (χ4n) is 5.27. The quantitative estimate of drug-likeness (QED) is 0.206. The first-order valence-corrected chi connectivity index (χ1v) is 13.0. The molecule has 0 spiro atoms. The number of hydrogen-bond acceptors (Lipinski definition) is 3. The predicted octanol–water partition coefficient (Wildman–Crippen LogP) is 7.70. The van der Waals surface area contributed by atoms with E-state index in [4.69, 9.17) is 9.47 Å². The smallest absolute Gasteiger partial charge is 0.323 e. The van der Waals surface area contributed by atoms with Crippen molar-refractivity contribution in [2.75, 3.05) is 20.3 Å². The topological polar surface area (TPSA) is 35.5 Å². The van der Waals surface area contributed by atoms with Crippen LogP contribution in [0.25, 0.3) is 11.1 Å². The number of rotatable bonds is 15. The molecule has 0 heterocycles. The van der Waals surface area contributed by atoms with E-state index in [0.717, 1.165) is 35.1 Å². The van der Waals surface area contributed by atoms with Crippen LogP contribution in [-0.4, -0.2) is 26.3 Å². The molecule has 3 rings (SSSR count). The minimum Gasteiger partial charge on any atom is -0.464 e. The molecule has 0 aliphatic heterocycles. The van der Waals surface area contributed by atoms with Crippen molar-refractivity contribution < 1.29 is 14.3 Å². The van der Waals surface area contributed by atoms with Crippen molar-refractivity contribution in [3.63, 3.8) is 0 Å². The Labute approximate surface area is 200 Å². The third-order valence-electron chi connectivity index (χ3n) is 7.27. The zero-order chi connectivity index (χ0) is 23.5. The normalized spacial score (nSPS) is 14.5. The molecule has 180 valence electrons. The van der Waals surface area contributed by atoms with Crippen LogP contribution in [0.4, 0.5) is 0 Å². The number of carbonyl (C=O) groups excluding carboxylic acids is 1. The summed E-state index contributed by atoms with van der Waals surface area (Å²) in [6.07, 6.45) is 12.8. The molecule has 33 heavy (non-hydrogen) atoms. The van der Waals surface area contributed by atoms with Crippen molar-refractivity contribution in [1.82, 2.24) is 0 Å². The second-order valence-corrected chi connectivity index (χ2v) is 9.57. The van der Waals surface area contributed by atoms with Crippen molar-refractivity contribution in [2.45, 2.75) is 83.5 Å². The molecular weight excluding hydrogens is 408 g/mol. The SMILES string of the molecule is CCCCCCCCCCC(CC)COC(=O)C1(COC)c2ccccc2-c2ccccc21. The van der Waals surface area contributed by atoms with Crippen LogP contribution in [0.15, 0.2) is 48.5 Å². The number of unbranched alkanes of at least 4 members (excludes halogenated alkanes) is 7.